The molecule has 0 spiro atoms. The van der Waals surface area contributed by atoms with Crippen LogP contribution in [-0.2, 0) is 16.4 Å². The van der Waals surface area contributed by atoms with Crippen molar-refractivity contribution in [2.24, 2.45) is 0 Å². The number of hydrogen-bond donors (Lipinski definition) is 1. The predicted molar refractivity (Wildman–Crippen MR) is 100 cm³/mol. The van der Waals surface area contributed by atoms with Crippen LogP contribution in [0.3, 0.4) is 0 Å². The molecule has 6 heteroatoms. The van der Waals surface area contributed by atoms with Crippen molar-refractivity contribution in [3.05, 3.63) is 53.7 Å². The van der Waals surface area contributed by atoms with Gasteiger partial charge in [-0.25, -0.2) is 13.4 Å². The highest BCUT2D eigenvalue weighted by Gasteiger charge is 2.27. The van der Waals surface area contributed by atoms with Crippen molar-refractivity contribution in [3.8, 4) is 0 Å². The quantitative estimate of drug-likeness (QED) is 0.856. The number of benzene rings is 1. The number of aromatic nitrogens is 1. The number of hydrogen-bond acceptors (Lipinski definition) is 4. The molecule has 1 N–H and O–H groups in total. The Morgan fingerprint density at radius 2 is 1.80 bits per heavy atom. The van der Waals surface area contributed by atoms with E-state index in [9.17, 15) is 8.42 Å². The van der Waals surface area contributed by atoms with Gasteiger partial charge in [0.1, 0.15) is 10.7 Å². The van der Waals surface area contributed by atoms with Gasteiger partial charge in [-0.2, -0.15) is 4.31 Å². The monoisotopic (exact) mass is 359 g/mol. The van der Waals surface area contributed by atoms with Gasteiger partial charge in [0.2, 0.25) is 10.0 Å². The summed E-state index contributed by atoms with van der Waals surface area (Å²) in [6.07, 6.45) is 4.33. The zero-order valence-corrected chi connectivity index (χ0v) is 15.6. The van der Waals surface area contributed by atoms with E-state index in [2.05, 4.69) is 48.4 Å². The van der Waals surface area contributed by atoms with Crippen LogP contribution in [0, 0.1) is 0 Å². The smallest absolute Gasteiger partial charge is 0.244 e. The fraction of sp³-hybridized carbons (Fsp3) is 0.421. The Bertz CT molecular complexity index is 796. The minimum atomic E-state index is -3.40. The second-order valence-electron chi connectivity index (χ2n) is 6.45. The SMILES string of the molecule is CCc1ccc(C(C)Nc2ccc(S(=O)(=O)N3CCCC3)cn2)cc1. The molecule has 1 fully saturated rings. The Morgan fingerprint density at radius 3 is 2.36 bits per heavy atom. The largest absolute Gasteiger partial charge is 0.364 e. The molecule has 1 unspecified atom stereocenters. The summed E-state index contributed by atoms with van der Waals surface area (Å²) < 4.78 is 26.6. The minimum absolute atomic E-state index is 0.0967. The van der Waals surface area contributed by atoms with Crippen LogP contribution in [0.25, 0.3) is 0 Å². The summed E-state index contributed by atoms with van der Waals surface area (Å²) in [5.74, 6) is 0.674. The first-order chi connectivity index (χ1) is 12.0. The van der Waals surface area contributed by atoms with Gasteiger partial charge in [0, 0.05) is 25.3 Å². The molecule has 5 nitrogen and oxygen atoms in total. The highest BCUT2D eigenvalue weighted by molar-refractivity contribution is 7.89. The van der Waals surface area contributed by atoms with Gasteiger partial charge in [-0.3, -0.25) is 0 Å². The maximum atomic E-state index is 12.5. The predicted octanol–water partition coefficient (Wildman–Crippen LogP) is 3.60. The molecular weight excluding hydrogens is 334 g/mol. The van der Waals surface area contributed by atoms with E-state index in [0.29, 0.717) is 18.9 Å². The van der Waals surface area contributed by atoms with Crippen molar-refractivity contribution in [1.82, 2.24) is 9.29 Å². The summed E-state index contributed by atoms with van der Waals surface area (Å²) in [5, 5.41) is 3.32. The van der Waals surface area contributed by atoms with Gasteiger partial charge in [0.25, 0.3) is 0 Å². The highest BCUT2D eigenvalue weighted by atomic mass is 32.2. The van der Waals surface area contributed by atoms with Crippen LogP contribution < -0.4 is 5.32 Å². The van der Waals surface area contributed by atoms with Crippen LogP contribution in [0.15, 0.2) is 47.5 Å². The first-order valence-corrected chi connectivity index (χ1v) is 10.3. The van der Waals surface area contributed by atoms with Gasteiger partial charge < -0.3 is 5.32 Å². The number of aryl methyl sites for hydroxylation is 1. The normalized spacial score (nSPS) is 16.7. The Kier molecular flexibility index (Phi) is 5.39. The van der Waals surface area contributed by atoms with Gasteiger partial charge in [0.05, 0.1) is 0 Å². The van der Waals surface area contributed by atoms with Gasteiger partial charge in [-0.05, 0) is 49.4 Å². The van der Waals surface area contributed by atoms with Crippen molar-refractivity contribution < 1.29 is 8.42 Å². The molecule has 2 heterocycles. The third-order valence-electron chi connectivity index (χ3n) is 4.69. The fourth-order valence-electron chi connectivity index (χ4n) is 3.04. The van der Waals surface area contributed by atoms with E-state index in [1.165, 1.54) is 21.6 Å². The lowest BCUT2D eigenvalue weighted by Crippen LogP contribution is -2.27. The molecule has 1 aliphatic rings. The summed E-state index contributed by atoms with van der Waals surface area (Å²) in [7, 11) is -3.40. The second-order valence-corrected chi connectivity index (χ2v) is 8.39. The Balaban J connectivity index is 1.69. The molecule has 0 radical (unpaired) electrons. The third-order valence-corrected chi connectivity index (χ3v) is 6.57. The van der Waals surface area contributed by atoms with E-state index < -0.39 is 10.0 Å². The lowest BCUT2D eigenvalue weighted by atomic mass is 10.1. The zero-order chi connectivity index (χ0) is 17.9. The summed E-state index contributed by atoms with van der Waals surface area (Å²) in [6, 6.07) is 12.0. The zero-order valence-electron chi connectivity index (χ0n) is 14.8. The minimum Gasteiger partial charge on any atom is -0.364 e. The maximum Gasteiger partial charge on any atom is 0.244 e. The van der Waals surface area contributed by atoms with Crippen LogP contribution in [0.1, 0.15) is 43.9 Å². The topological polar surface area (TPSA) is 62.3 Å². The molecule has 2 aromatic rings. The number of anilines is 1. The lowest BCUT2D eigenvalue weighted by Gasteiger charge is -2.17. The van der Waals surface area contributed by atoms with Gasteiger partial charge >= 0.3 is 0 Å². The van der Waals surface area contributed by atoms with E-state index in [0.717, 1.165) is 19.3 Å². The molecule has 134 valence electrons. The molecular formula is C19H25N3O2S. The summed E-state index contributed by atoms with van der Waals surface area (Å²) in [6.45, 7) is 5.41. The average Bonchev–Trinajstić information content (AvgIpc) is 3.18. The number of nitrogens with one attached hydrogen (secondary N) is 1. The molecule has 0 saturated carbocycles. The molecule has 25 heavy (non-hydrogen) atoms. The highest BCUT2D eigenvalue weighted by Crippen LogP contribution is 2.23. The first kappa shape index (κ1) is 17.9. The van der Waals surface area contributed by atoms with Crippen LogP contribution >= 0.6 is 0 Å². The molecule has 1 aromatic heterocycles. The first-order valence-electron chi connectivity index (χ1n) is 8.82. The van der Waals surface area contributed by atoms with E-state index in [-0.39, 0.29) is 10.9 Å². The third kappa shape index (κ3) is 4.02. The number of pyridine rings is 1. The molecule has 0 aliphatic carbocycles. The van der Waals surface area contributed by atoms with E-state index in [4.69, 9.17) is 0 Å². The van der Waals surface area contributed by atoms with Crippen LogP contribution in [-0.4, -0.2) is 30.8 Å². The van der Waals surface area contributed by atoms with Crippen molar-refractivity contribution in [1.29, 1.82) is 0 Å². The van der Waals surface area contributed by atoms with Gasteiger partial charge in [-0.15, -0.1) is 0 Å². The van der Waals surface area contributed by atoms with Crippen LogP contribution in [0.2, 0.25) is 0 Å². The van der Waals surface area contributed by atoms with Gasteiger partial charge in [-0.1, -0.05) is 31.2 Å². The number of rotatable bonds is 6. The van der Waals surface area contributed by atoms with Crippen LogP contribution in [0.4, 0.5) is 5.82 Å². The Morgan fingerprint density at radius 1 is 1.12 bits per heavy atom. The van der Waals surface area contributed by atoms with E-state index in [1.807, 2.05) is 0 Å². The second kappa shape index (κ2) is 7.54. The summed E-state index contributed by atoms with van der Waals surface area (Å²) in [4.78, 5) is 4.56. The average molecular weight is 359 g/mol. The summed E-state index contributed by atoms with van der Waals surface area (Å²) >= 11 is 0. The van der Waals surface area contributed by atoms with Crippen molar-refractivity contribution in [2.45, 2.75) is 44.0 Å². The molecule has 3 rings (SSSR count). The summed E-state index contributed by atoms with van der Waals surface area (Å²) in [5.41, 5.74) is 2.48. The fourth-order valence-corrected chi connectivity index (χ4v) is 4.51. The van der Waals surface area contributed by atoms with E-state index >= 15 is 0 Å². The standard InChI is InChI=1S/C19H25N3O2S/c1-3-16-6-8-17(9-7-16)15(2)21-19-11-10-18(14-20-19)25(23,24)22-12-4-5-13-22/h6-11,14-15H,3-5,12-13H2,1-2H3,(H,20,21). The maximum absolute atomic E-state index is 12.5. The number of sulfonamides is 1. The molecule has 1 aliphatic heterocycles. The van der Waals surface area contributed by atoms with E-state index in [1.54, 1.807) is 12.1 Å². The number of nitrogens with zero attached hydrogens (tertiary/aromatic N) is 2. The van der Waals surface area contributed by atoms with Crippen molar-refractivity contribution in [3.63, 3.8) is 0 Å². The molecule has 0 bridgehead atoms. The molecule has 0 amide bonds. The molecule has 1 saturated heterocycles. The Hall–Kier alpha value is -1.92. The molecule has 1 aromatic carbocycles. The lowest BCUT2D eigenvalue weighted by molar-refractivity contribution is 0.477. The van der Waals surface area contributed by atoms with Crippen molar-refractivity contribution in [2.75, 3.05) is 18.4 Å². The van der Waals surface area contributed by atoms with Gasteiger partial charge in [0.15, 0.2) is 0 Å². The van der Waals surface area contributed by atoms with Crippen LogP contribution in [0.5, 0.6) is 0 Å². The molecule has 1 atom stereocenters. The van der Waals surface area contributed by atoms with Crippen molar-refractivity contribution >= 4 is 15.8 Å². The Labute approximate surface area is 150 Å².